The van der Waals surface area contributed by atoms with Crippen LogP contribution in [0.2, 0.25) is 0 Å². The molecular weight excluding hydrogens is 320 g/mol. The summed E-state index contributed by atoms with van der Waals surface area (Å²) < 4.78 is 5.56. The number of aromatic nitrogens is 1. The van der Waals surface area contributed by atoms with Crippen LogP contribution in [0.4, 0.5) is 5.69 Å². The third kappa shape index (κ3) is 4.20. The Balaban J connectivity index is 1.56. The number of ether oxygens (including phenoxy) is 1. The molecule has 0 radical (unpaired) electrons. The van der Waals surface area contributed by atoms with Crippen LogP contribution in [-0.4, -0.2) is 17.5 Å². The van der Waals surface area contributed by atoms with Crippen molar-refractivity contribution in [3.63, 3.8) is 0 Å². The highest BCUT2D eigenvalue weighted by atomic mass is 32.1. The topological polar surface area (TPSA) is 51.2 Å². The molecule has 2 aromatic carbocycles. The van der Waals surface area contributed by atoms with Crippen LogP contribution in [0.15, 0.2) is 54.0 Å². The summed E-state index contributed by atoms with van der Waals surface area (Å²) in [5.41, 5.74) is 4.00. The molecule has 4 nitrogen and oxygen atoms in total. The molecule has 24 heavy (non-hydrogen) atoms. The Bertz CT molecular complexity index is 807. The van der Waals surface area contributed by atoms with Crippen LogP contribution in [0.25, 0.3) is 10.6 Å². The lowest BCUT2D eigenvalue weighted by Gasteiger charge is -2.09. The number of aryl methyl sites for hydroxylation is 2. The Morgan fingerprint density at radius 3 is 2.46 bits per heavy atom. The maximum Gasteiger partial charge on any atom is 0.262 e. The number of thiazole rings is 1. The highest BCUT2D eigenvalue weighted by molar-refractivity contribution is 7.13. The summed E-state index contributed by atoms with van der Waals surface area (Å²) in [7, 11) is 0. The van der Waals surface area contributed by atoms with Crippen LogP contribution < -0.4 is 10.1 Å². The average molecular weight is 338 g/mol. The second-order valence-electron chi connectivity index (χ2n) is 5.57. The van der Waals surface area contributed by atoms with Gasteiger partial charge in [0.2, 0.25) is 0 Å². The fourth-order valence-electron chi connectivity index (χ4n) is 2.42. The van der Waals surface area contributed by atoms with Crippen molar-refractivity contribution in [3.8, 4) is 16.3 Å². The Morgan fingerprint density at radius 1 is 1.12 bits per heavy atom. The average Bonchev–Trinajstić information content (AvgIpc) is 3.07. The summed E-state index contributed by atoms with van der Waals surface area (Å²) in [6, 6.07) is 13.5. The highest BCUT2D eigenvalue weighted by Crippen LogP contribution is 2.23. The lowest BCUT2D eigenvalue weighted by molar-refractivity contribution is -0.118. The second-order valence-corrected chi connectivity index (χ2v) is 6.47. The van der Waals surface area contributed by atoms with Crippen molar-refractivity contribution < 1.29 is 9.53 Å². The Morgan fingerprint density at radius 2 is 1.83 bits per heavy atom. The summed E-state index contributed by atoms with van der Waals surface area (Å²) in [5, 5.41) is 5.74. The quantitative estimate of drug-likeness (QED) is 0.748. The van der Waals surface area contributed by atoms with E-state index < -0.39 is 0 Å². The first kappa shape index (κ1) is 16.2. The van der Waals surface area contributed by atoms with Gasteiger partial charge in [-0.1, -0.05) is 6.07 Å². The number of anilines is 1. The normalized spacial score (nSPS) is 10.4. The van der Waals surface area contributed by atoms with Gasteiger partial charge in [-0.2, -0.15) is 0 Å². The molecule has 122 valence electrons. The van der Waals surface area contributed by atoms with E-state index in [2.05, 4.69) is 16.4 Å². The van der Waals surface area contributed by atoms with Crippen molar-refractivity contribution in [2.75, 3.05) is 11.9 Å². The van der Waals surface area contributed by atoms with E-state index in [9.17, 15) is 4.79 Å². The standard InChI is InChI=1S/C19H18N2O2S/c1-13-9-14(2)11-17(10-13)23-12-18(22)21-16-5-3-15(4-6-16)19-20-7-8-24-19/h3-11H,12H2,1-2H3,(H,21,22). The highest BCUT2D eigenvalue weighted by Gasteiger charge is 2.06. The van der Waals surface area contributed by atoms with Crippen molar-refractivity contribution in [3.05, 3.63) is 65.2 Å². The van der Waals surface area contributed by atoms with E-state index in [0.29, 0.717) is 5.75 Å². The summed E-state index contributed by atoms with van der Waals surface area (Å²) in [4.78, 5) is 16.3. The SMILES string of the molecule is Cc1cc(C)cc(OCC(=O)Nc2ccc(-c3nccs3)cc2)c1. The van der Waals surface area contributed by atoms with Gasteiger partial charge in [-0.25, -0.2) is 4.98 Å². The summed E-state index contributed by atoms with van der Waals surface area (Å²) >= 11 is 1.59. The predicted octanol–water partition coefficient (Wildman–Crippen LogP) is 4.44. The zero-order valence-electron chi connectivity index (χ0n) is 13.6. The molecule has 1 aromatic heterocycles. The molecule has 1 amide bonds. The maximum absolute atomic E-state index is 12.0. The van der Waals surface area contributed by atoms with E-state index in [0.717, 1.165) is 27.4 Å². The van der Waals surface area contributed by atoms with Gasteiger partial charge in [-0.15, -0.1) is 11.3 Å². The number of nitrogens with one attached hydrogen (secondary N) is 1. The fraction of sp³-hybridized carbons (Fsp3) is 0.158. The van der Waals surface area contributed by atoms with Crippen LogP contribution in [-0.2, 0) is 4.79 Å². The van der Waals surface area contributed by atoms with E-state index in [1.54, 1.807) is 17.5 Å². The van der Waals surface area contributed by atoms with Gasteiger partial charge in [0.05, 0.1) is 0 Å². The number of amides is 1. The summed E-state index contributed by atoms with van der Waals surface area (Å²) in [5.74, 6) is 0.526. The molecule has 0 spiro atoms. The van der Waals surface area contributed by atoms with Crippen LogP contribution in [0, 0.1) is 13.8 Å². The van der Waals surface area contributed by atoms with Crippen LogP contribution in [0.5, 0.6) is 5.75 Å². The van der Waals surface area contributed by atoms with E-state index in [4.69, 9.17) is 4.74 Å². The van der Waals surface area contributed by atoms with Crippen molar-refractivity contribution in [2.45, 2.75) is 13.8 Å². The van der Waals surface area contributed by atoms with Crippen molar-refractivity contribution in [2.24, 2.45) is 0 Å². The maximum atomic E-state index is 12.0. The lowest BCUT2D eigenvalue weighted by Crippen LogP contribution is -2.20. The minimum absolute atomic E-state index is 0.0167. The van der Waals surface area contributed by atoms with Gasteiger partial charge < -0.3 is 10.1 Å². The summed E-state index contributed by atoms with van der Waals surface area (Å²) in [6.07, 6.45) is 1.78. The van der Waals surface area contributed by atoms with Crippen LogP contribution in [0.3, 0.4) is 0 Å². The molecule has 1 heterocycles. The Hall–Kier alpha value is -2.66. The molecule has 0 atom stereocenters. The molecule has 0 aliphatic heterocycles. The smallest absolute Gasteiger partial charge is 0.262 e. The minimum atomic E-state index is -0.184. The van der Waals surface area contributed by atoms with Gasteiger partial charge in [-0.05, 0) is 61.4 Å². The number of benzene rings is 2. The zero-order valence-corrected chi connectivity index (χ0v) is 14.4. The number of hydrogen-bond acceptors (Lipinski definition) is 4. The largest absolute Gasteiger partial charge is 0.484 e. The molecule has 0 aliphatic carbocycles. The lowest BCUT2D eigenvalue weighted by atomic mass is 10.1. The van der Waals surface area contributed by atoms with E-state index >= 15 is 0 Å². The summed E-state index contributed by atoms with van der Waals surface area (Å²) in [6.45, 7) is 3.99. The third-order valence-electron chi connectivity index (χ3n) is 3.41. The molecule has 0 saturated carbocycles. The predicted molar refractivity (Wildman–Crippen MR) is 97.6 cm³/mol. The fourth-order valence-corrected chi connectivity index (χ4v) is 3.07. The van der Waals surface area contributed by atoms with Crippen LogP contribution in [0.1, 0.15) is 11.1 Å². The van der Waals surface area contributed by atoms with E-state index in [1.165, 1.54) is 0 Å². The van der Waals surface area contributed by atoms with Gasteiger partial charge in [0, 0.05) is 22.8 Å². The molecule has 5 heteroatoms. The molecule has 0 fully saturated rings. The van der Waals surface area contributed by atoms with Crippen molar-refractivity contribution in [1.82, 2.24) is 4.98 Å². The molecule has 0 unspecified atom stereocenters. The van der Waals surface area contributed by atoms with E-state index in [-0.39, 0.29) is 12.5 Å². The van der Waals surface area contributed by atoms with Gasteiger partial charge in [0.15, 0.2) is 6.61 Å². The van der Waals surface area contributed by atoms with Crippen molar-refractivity contribution >= 4 is 22.9 Å². The second kappa shape index (κ2) is 7.27. The van der Waals surface area contributed by atoms with Crippen molar-refractivity contribution in [1.29, 1.82) is 0 Å². The number of carbonyl (C=O) groups excluding carboxylic acids is 1. The first-order chi connectivity index (χ1) is 11.6. The van der Waals surface area contributed by atoms with E-state index in [1.807, 2.05) is 55.6 Å². The third-order valence-corrected chi connectivity index (χ3v) is 4.24. The first-order valence-electron chi connectivity index (χ1n) is 7.61. The van der Waals surface area contributed by atoms with Gasteiger partial charge in [0.1, 0.15) is 10.8 Å². The molecule has 0 saturated heterocycles. The molecule has 0 aliphatic rings. The van der Waals surface area contributed by atoms with Gasteiger partial charge >= 0.3 is 0 Å². The minimum Gasteiger partial charge on any atom is -0.484 e. The molecule has 0 bridgehead atoms. The number of carbonyl (C=O) groups is 1. The van der Waals surface area contributed by atoms with Gasteiger partial charge in [0.25, 0.3) is 5.91 Å². The molecule has 3 aromatic rings. The number of hydrogen-bond donors (Lipinski definition) is 1. The Labute approximate surface area is 145 Å². The molecule has 1 N–H and O–H groups in total. The Kier molecular flexibility index (Phi) is 4.91. The molecule has 3 rings (SSSR count). The monoisotopic (exact) mass is 338 g/mol. The zero-order chi connectivity index (χ0) is 16.9. The first-order valence-corrected chi connectivity index (χ1v) is 8.49. The molecular formula is C19H18N2O2S. The number of nitrogens with zero attached hydrogens (tertiary/aromatic N) is 1. The van der Waals surface area contributed by atoms with Crippen LogP contribution >= 0.6 is 11.3 Å². The number of rotatable bonds is 5. The van der Waals surface area contributed by atoms with Gasteiger partial charge in [-0.3, -0.25) is 4.79 Å².